The number of hydrogen-bond donors (Lipinski definition) is 1. The summed E-state index contributed by atoms with van der Waals surface area (Å²) in [4.78, 5) is 2.60. The van der Waals surface area contributed by atoms with Crippen LogP contribution in [0.1, 0.15) is 44.6 Å². The van der Waals surface area contributed by atoms with Crippen molar-refractivity contribution in [2.75, 3.05) is 18.0 Å². The summed E-state index contributed by atoms with van der Waals surface area (Å²) >= 11 is 3.80. The molecule has 3 heteroatoms. The maximum Gasteiger partial charge on any atom is 0.0516 e. The molecule has 1 saturated heterocycles. The van der Waals surface area contributed by atoms with Crippen LogP contribution in [0.2, 0.25) is 0 Å². The summed E-state index contributed by atoms with van der Waals surface area (Å²) in [5.74, 6) is 0.873. The Morgan fingerprint density at radius 3 is 2.71 bits per heavy atom. The molecule has 1 aromatic carbocycles. The predicted molar refractivity (Wildman–Crippen MR) is 94.1 cm³/mol. The second-order valence-electron chi connectivity index (χ2n) is 6.82. The molecule has 0 radical (unpaired) electrons. The van der Waals surface area contributed by atoms with Crippen molar-refractivity contribution in [3.05, 3.63) is 28.2 Å². The third-order valence-electron chi connectivity index (χ3n) is 5.30. The number of halogens is 1. The van der Waals surface area contributed by atoms with Gasteiger partial charge < -0.3 is 10.2 Å². The smallest absolute Gasteiger partial charge is 0.0516 e. The molecule has 2 nitrogen and oxygen atoms in total. The van der Waals surface area contributed by atoms with Gasteiger partial charge in [-0.15, -0.1) is 0 Å². The highest BCUT2D eigenvalue weighted by Gasteiger charge is 2.31. The largest absolute Gasteiger partial charge is 0.365 e. The molecule has 1 heterocycles. The van der Waals surface area contributed by atoms with Gasteiger partial charge in [-0.2, -0.15) is 0 Å². The van der Waals surface area contributed by atoms with E-state index in [1.165, 1.54) is 47.8 Å². The Morgan fingerprint density at radius 1 is 1.19 bits per heavy atom. The number of benzene rings is 1. The van der Waals surface area contributed by atoms with Crippen LogP contribution in [0.15, 0.2) is 22.7 Å². The minimum Gasteiger partial charge on any atom is -0.365 e. The van der Waals surface area contributed by atoms with Crippen LogP contribution in [0, 0.1) is 12.8 Å². The Bertz CT molecular complexity index is 482. The Kier molecular flexibility index (Phi) is 4.90. The van der Waals surface area contributed by atoms with Gasteiger partial charge in [-0.3, -0.25) is 0 Å². The SMILES string of the molecule is Cc1cccc(N2CC(C3CCCCC3)NCC2C)c1Br. The monoisotopic (exact) mass is 350 g/mol. The molecule has 0 spiro atoms. The molecule has 2 fully saturated rings. The highest BCUT2D eigenvalue weighted by atomic mass is 79.9. The molecule has 2 atom stereocenters. The lowest BCUT2D eigenvalue weighted by molar-refractivity contribution is 0.245. The molecule has 116 valence electrons. The van der Waals surface area contributed by atoms with E-state index in [1.807, 2.05) is 0 Å². The molecule has 21 heavy (non-hydrogen) atoms. The van der Waals surface area contributed by atoms with E-state index in [2.05, 4.69) is 58.2 Å². The third-order valence-corrected chi connectivity index (χ3v) is 6.33. The summed E-state index contributed by atoms with van der Waals surface area (Å²) in [6.07, 6.45) is 7.11. The molecule has 3 rings (SSSR count). The van der Waals surface area contributed by atoms with E-state index in [-0.39, 0.29) is 0 Å². The van der Waals surface area contributed by atoms with Crippen LogP contribution in [0.4, 0.5) is 5.69 Å². The van der Waals surface area contributed by atoms with Gasteiger partial charge >= 0.3 is 0 Å². The molecular weight excluding hydrogens is 324 g/mol. The predicted octanol–water partition coefficient (Wildman–Crippen LogP) is 4.50. The fraction of sp³-hybridized carbons (Fsp3) is 0.667. The molecule has 0 bridgehead atoms. The van der Waals surface area contributed by atoms with E-state index in [1.54, 1.807) is 0 Å². The quantitative estimate of drug-likeness (QED) is 0.844. The van der Waals surface area contributed by atoms with Gasteiger partial charge in [0.15, 0.2) is 0 Å². The first-order valence-electron chi connectivity index (χ1n) is 8.42. The molecule has 0 amide bonds. The van der Waals surface area contributed by atoms with Crippen molar-refractivity contribution >= 4 is 21.6 Å². The molecule has 2 aliphatic rings. The van der Waals surface area contributed by atoms with E-state index in [9.17, 15) is 0 Å². The van der Waals surface area contributed by atoms with Gasteiger partial charge in [0.2, 0.25) is 0 Å². The number of nitrogens with one attached hydrogen (secondary N) is 1. The lowest BCUT2D eigenvalue weighted by Crippen LogP contribution is -2.58. The van der Waals surface area contributed by atoms with Crippen LogP contribution >= 0.6 is 15.9 Å². The Balaban J connectivity index is 1.78. The van der Waals surface area contributed by atoms with Gasteiger partial charge in [-0.25, -0.2) is 0 Å². The van der Waals surface area contributed by atoms with E-state index >= 15 is 0 Å². The normalized spacial score (nSPS) is 27.9. The van der Waals surface area contributed by atoms with Crippen LogP contribution in [-0.4, -0.2) is 25.2 Å². The molecule has 1 saturated carbocycles. The second-order valence-corrected chi connectivity index (χ2v) is 7.62. The number of hydrogen-bond acceptors (Lipinski definition) is 2. The second kappa shape index (κ2) is 6.70. The zero-order valence-corrected chi connectivity index (χ0v) is 14.8. The van der Waals surface area contributed by atoms with Crippen molar-refractivity contribution in [3.8, 4) is 0 Å². The number of aryl methyl sites for hydroxylation is 1. The lowest BCUT2D eigenvalue weighted by atomic mass is 9.82. The fourth-order valence-corrected chi connectivity index (χ4v) is 4.42. The Morgan fingerprint density at radius 2 is 1.95 bits per heavy atom. The van der Waals surface area contributed by atoms with Crippen LogP contribution < -0.4 is 10.2 Å². The van der Waals surface area contributed by atoms with E-state index in [0.717, 1.165) is 19.0 Å². The van der Waals surface area contributed by atoms with Crippen LogP contribution in [0.25, 0.3) is 0 Å². The fourth-order valence-electron chi connectivity index (χ4n) is 3.93. The summed E-state index contributed by atoms with van der Waals surface area (Å²) in [6.45, 7) is 6.76. The van der Waals surface area contributed by atoms with Gasteiger partial charge in [0.05, 0.1) is 5.69 Å². The Hall–Kier alpha value is -0.540. The number of anilines is 1. The zero-order chi connectivity index (χ0) is 14.8. The van der Waals surface area contributed by atoms with Crippen LogP contribution in [0.5, 0.6) is 0 Å². The third kappa shape index (κ3) is 3.29. The highest BCUT2D eigenvalue weighted by Crippen LogP contribution is 2.34. The Labute approximate surface area is 137 Å². The van der Waals surface area contributed by atoms with Gasteiger partial charge in [-0.05, 0) is 60.2 Å². The minimum absolute atomic E-state index is 0.558. The van der Waals surface area contributed by atoms with Crippen molar-refractivity contribution in [1.82, 2.24) is 5.32 Å². The molecule has 1 N–H and O–H groups in total. The topological polar surface area (TPSA) is 15.3 Å². The lowest BCUT2D eigenvalue weighted by Gasteiger charge is -2.44. The molecule has 1 aromatic rings. The van der Waals surface area contributed by atoms with Crippen molar-refractivity contribution in [3.63, 3.8) is 0 Å². The summed E-state index contributed by atoms with van der Waals surface area (Å²) in [5, 5.41) is 3.82. The summed E-state index contributed by atoms with van der Waals surface area (Å²) in [6, 6.07) is 7.84. The van der Waals surface area contributed by atoms with Gasteiger partial charge in [0, 0.05) is 29.6 Å². The molecular formula is C18H27BrN2. The standard InChI is InChI=1S/C18H27BrN2/c1-13-7-6-10-17(18(13)19)21-12-16(20-11-14(21)2)15-8-4-3-5-9-15/h6-7,10,14-16,20H,3-5,8-9,11-12H2,1-2H3. The summed E-state index contributed by atoms with van der Waals surface area (Å²) < 4.78 is 1.26. The molecule has 2 unspecified atom stereocenters. The number of rotatable bonds is 2. The van der Waals surface area contributed by atoms with Gasteiger partial charge in [0.25, 0.3) is 0 Å². The van der Waals surface area contributed by atoms with Gasteiger partial charge in [-0.1, -0.05) is 31.4 Å². The zero-order valence-electron chi connectivity index (χ0n) is 13.2. The van der Waals surface area contributed by atoms with Gasteiger partial charge in [0.1, 0.15) is 0 Å². The van der Waals surface area contributed by atoms with Crippen molar-refractivity contribution in [2.24, 2.45) is 5.92 Å². The molecule has 0 aromatic heterocycles. The number of piperazine rings is 1. The van der Waals surface area contributed by atoms with Crippen molar-refractivity contribution in [1.29, 1.82) is 0 Å². The average molecular weight is 351 g/mol. The minimum atomic E-state index is 0.558. The first-order valence-corrected chi connectivity index (χ1v) is 9.21. The first-order chi connectivity index (χ1) is 10.2. The summed E-state index contributed by atoms with van der Waals surface area (Å²) in [7, 11) is 0. The molecule has 1 aliphatic carbocycles. The maximum atomic E-state index is 3.82. The van der Waals surface area contributed by atoms with E-state index in [0.29, 0.717) is 12.1 Å². The van der Waals surface area contributed by atoms with E-state index < -0.39 is 0 Å². The van der Waals surface area contributed by atoms with Crippen molar-refractivity contribution < 1.29 is 0 Å². The molecule has 1 aliphatic heterocycles. The number of nitrogens with zero attached hydrogens (tertiary/aromatic N) is 1. The average Bonchev–Trinajstić information content (AvgIpc) is 2.52. The maximum absolute atomic E-state index is 3.82. The first kappa shape index (κ1) is 15.4. The van der Waals surface area contributed by atoms with E-state index in [4.69, 9.17) is 0 Å². The van der Waals surface area contributed by atoms with Crippen LogP contribution in [0.3, 0.4) is 0 Å². The van der Waals surface area contributed by atoms with Crippen molar-refractivity contribution in [2.45, 2.75) is 58.0 Å². The highest BCUT2D eigenvalue weighted by molar-refractivity contribution is 9.10. The summed E-state index contributed by atoms with van der Waals surface area (Å²) in [5.41, 5.74) is 2.69. The van der Waals surface area contributed by atoms with Crippen LogP contribution in [-0.2, 0) is 0 Å².